The van der Waals surface area contributed by atoms with Crippen LogP contribution in [0, 0.1) is 5.92 Å². The van der Waals surface area contributed by atoms with Crippen molar-refractivity contribution in [2.24, 2.45) is 16.1 Å². The summed E-state index contributed by atoms with van der Waals surface area (Å²) in [4.78, 5) is 0. The fourth-order valence-corrected chi connectivity index (χ4v) is 1.03. The second-order valence-electron chi connectivity index (χ2n) is 3.35. The lowest BCUT2D eigenvalue weighted by Gasteiger charge is -2.05. The van der Waals surface area contributed by atoms with Crippen LogP contribution < -0.4 is 0 Å². The third-order valence-electron chi connectivity index (χ3n) is 1.69. The van der Waals surface area contributed by atoms with Crippen LogP contribution in [0.2, 0.25) is 0 Å². The van der Waals surface area contributed by atoms with Gasteiger partial charge in [0.05, 0.1) is 13.2 Å². The van der Waals surface area contributed by atoms with E-state index in [0.717, 1.165) is 18.9 Å². The molecule has 3 nitrogen and oxygen atoms in total. The summed E-state index contributed by atoms with van der Waals surface area (Å²) in [7, 11) is 0. The first-order chi connectivity index (χ1) is 6.79. The normalized spacial score (nSPS) is 13.6. The van der Waals surface area contributed by atoms with Gasteiger partial charge in [0.25, 0.3) is 0 Å². The molecule has 0 amide bonds. The maximum atomic E-state index is 5.35. The van der Waals surface area contributed by atoms with Crippen LogP contribution >= 0.6 is 0 Å². The minimum absolute atomic E-state index is 0.680. The first-order valence-electron chi connectivity index (χ1n) is 5.49. The Bertz CT molecular complexity index is 186. The highest BCUT2D eigenvalue weighted by Gasteiger charge is 2.00. The lowest BCUT2D eigenvalue weighted by atomic mass is 10.1. The lowest BCUT2D eigenvalue weighted by molar-refractivity contribution is 0.199. The van der Waals surface area contributed by atoms with Gasteiger partial charge in [0.1, 0.15) is 0 Å². The van der Waals surface area contributed by atoms with E-state index in [9.17, 15) is 0 Å². The molecule has 0 saturated carbocycles. The number of azo groups is 1. The Hall–Kier alpha value is -0.860. The largest absolute Gasteiger partial charge is 0.477 e. The van der Waals surface area contributed by atoms with Crippen LogP contribution in [-0.2, 0) is 4.74 Å². The smallest absolute Gasteiger partial charge is 0.230 e. The zero-order valence-corrected chi connectivity index (χ0v) is 9.79. The van der Waals surface area contributed by atoms with Crippen molar-refractivity contribution in [1.29, 1.82) is 0 Å². The van der Waals surface area contributed by atoms with Crippen LogP contribution in [-0.4, -0.2) is 13.2 Å². The molecular weight excluding hydrogens is 176 g/mol. The standard InChI is InChI=1S/C9H16N2O.C2H6/c1-8(2)4-3-7-12-9-5-6-10-11-9;1-2/h5,8H,3-4,6-7H2,1-2H3;1-2H3. The van der Waals surface area contributed by atoms with Crippen molar-refractivity contribution in [2.75, 3.05) is 13.2 Å². The van der Waals surface area contributed by atoms with Gasteiger partial charge < -0.3 is 4.74 Å². The molecule has 0 saturated heterocycles. The molecule has 3 heteroatoms. The maximum absolute atomic E-state index is 5.35. The van der Waals surface area contributed by atoms with Crippen LogP contribution in [0.15, 0.2) is 22.2 Å². The predicted octanol–water partition coefficient (Wildman–Crippen LogP) is 3.77. The average Bonchev–Trinajstić information content (AvgIpc) is 2.68. The third-order valence-corrected chi connectivity index (χ3v) is 1.69. The monoisotopic (exact) mass is 198 g/mol. The highest BCUT2D eigenvalue weighted by molar-refractivity contribution is 4.95. The Morgan fingerprint density at radius 2 is 2.14 bits per heavy atom. The minimum Gasteiger partial charge on any atom is -0.477 e. The van der Waals surface area contributed by atoms with Crippen LogP contribution in [0.1, 0.15) is 40.5 Å². The van der Waals surface area contributed by atoms with Crippen molar-refractivity contribution in [3.8, 4) is 0 Å². The molecule has 0 radical (unpaired) electrons. The van der Waals surface area contributed by atoms with Crippen molar-refractivity contribution in [3.05, 3.63) is 12.0 Å². The summed E-state index contributed by atoms with van der Waals surface area (Å²) in [5.41, 5.74) is 0. The van der Waals surface area contributed by atoms with E-state index in [0.29, 0.717) is 12.4 Å². The first-order valence-corrected chi connectivity index (χ1v) is 5.49. The van der Waals surface area contributed by atoms with Crippen molar-refractivity contribution in [1.82, 2.24) is 0 Å². The first kappa shape index (κ1) is 13.1. The molecule has 0 aromatic carbocycles. The molecule has 0 aromatic heterocycles. The molecule has 0 aromatic rings. The van der Waals surface area contributed by atoms with Crippen molar-refractivity contribution < 1.29 is 4.74 Å². The average molecular weight is 198 g/mol. The Balaban J connectivity index is 0.000000791. The van der Waals surface area contributed by atoms with E-state index in [1.807, 2.05) is 19.9 Å². The lowest BCUT2D eigenvalue weighted by Crippen LogP contribution is -1.95. The summed E-state index contributed by atoms with van der Waals surface area (Å²) in [6.45, 7) is 9.88. The summed E-state index contributed by atoms with van der Waals surface area (Å²) < 4.78 is 5.35. The number of ether oxygens (including phenoxy) is 1. The molecule has 0 fully saturated rings. The molecule has 1 aliphatic rings. The van der Waals surface area contributed by atoms with Crippen LogP contribution in [0.5, 0.6) is 0 Å². The molecule has 0 N–H and O–H groups in total. The highest BCUT2D eigenvalue weighted by atomic mass is 16.5. The summed E-state index contributed by atoms with van der Waals surface area (Å²) in [6, 6.07) is 0. The van der Waals surface area contributed by atoms with Gasteiger partial charge in [-0.2, -0.15) is 5.11 Å². The van der Waals surface area contributed by atoms with E-state index in [1.165, 1.54) is 6.42 Å². The number of nitrogens with zero attached hydrogens (tertiary/aromatic N) is 2. The molecule has 0 unspecified atom stereocenters. The molecule has 1 aliphatic heterocycles. The molecule has 0 bridgehead atoms. The third kappa shape index (κ3) is 6.63. The number of hydrogen-bond acceptors (Lipinski definition) is 3. The highest BCUT2D eigenvalue weighted by Crippen LogP contribution is 2.09. The minimum atomic E-state index is 0.680. The van der Waals surface area contributed by atoms with Crippen molar-refractivity contribution in [3.63, 3.8) is 0 Å². The molecule has 1 heterocycles. The number of rotatable bonds is 5. The van der Waals surface area contributed by atoms with E-state index in [-0.39, 0.29) is 0 Å². The fraction of sp³-hybridized carbons (Fsp3) is 0.818. The number of hydrogen-bond donors (Lipinski definition) is 0. The zero-order valence-electron chi connectivity index (χ0n) is 9.79. The summed E-state index contributed by atoms with van der Waals surface area (Å²) in [6.07, 6.45) is 4.21. The maximum Gasteiger partial charge on any atom is 0.230 e. The van der Waals surface area contributed by atoms with E-state index in [1.54, 1.807) is 0 Å². The van der Waals surface area contributed by atoms with Gasteiger partial charge in [-0.15, -0.1) is 5.11 Å². The van der Waals surface area contributed by atoms with Crippen molar-refractivity contribution in [2.45, 2.75) is 40.5 Å². The van der Waals surface area contributed by atoms with Gasteiger partial charge in [-0.3, -0.25) is 0 Å². The molecule has 0 spiro atoms. The topological polar surface area (TPSA) is 34.0 Å². The summed E-state index contributed by atoms with van der Waals surface area (Å²) in [5.74, 6) is 1.45. The van der Waals surface area contributed by atoms with Crippen LogP contribution in [0.25, 0.3) is 0 Å². The van der Waals surface area contributed by atoms with Crippen LogP contribution in [0.4, 0.5) is 0 Å². The predicted molar refractivity (Wildman–Crippen MR) is 59.2 cm³/mol. The van der Waals surface area contributed by atoms with E-state index >= 15 is 0 Å². The molecule has 82 valence electrons. The Kier molecular flexibility index (Phi) is 8.19. The van der Waals surface area contributed by atoms with Gasteiger partial charge in [-0.05, 0) is 18.8 Å². The van der Waals surface area contributed by atoms with E-state index in [4.69, 9.17) is 4.74 Å². The molecule has 0 aliphatic carbocycles. The molecular formula is C11H22N2O. The summed E-state index contributed by atoms with van der Waals surface area (Å²) in [5, 5.41) is 7.60. The van der Waals surface area contributed by atoms with Gasteiger partial charge in [0, 0.05) is 6.08 Å². The van der Waals surface area contributed by atoms with Gasteiger partial charge in [-0.1, -0.05) is 27.7 Å². The summed E-state index contributed by atoms with van der Waals surface area (Å²) >= 11 is 0. The van der Waals surface area contributed by atoms with Crippen LogP contribution in [0.3, 0.4) is 0 Å². The Morgan fingerprint density at radius 1 is 1.43 bits per heavy atom. The van der Waals surface area contributed by atoms with Crippen molar-refractivity contribution >= 4 is 0 Å². The van der Waals surface area contributed by atoms with Gasteiger partial charge >= 0.3 is 0 Å². The second kappa shape index (κ2) is 8.73. The SMILES string of the molecule is CC.CC(C)CCCOC1=CCN=N1. The fourth-order valence-electron chi connectivity index (χ4n) is 1.03. The van der Waals surface area contributed by atoms with E-state index < -0.39 is 0 Å². The Morgan fingerprint density at radius 3 is 2.64 bits per heavy atom. The van der Waals surface area contributed by atoms with Gasteiger partial charge in [0.2, 0.25) is 5.88 Å². The quantitative estimate of drug-likeness (QED) is 0.619. The van der Waals surface area contributed by atoms with Gasteiger partial charge in [-0.25, -0.2) is 0 Å². The van der Waals surface area contributed by atoms with Gasteiger partial charge in [0.15, 0.2) is 0 Å². The zero-order chi connectivity index (χ0) is 10.8. The van der Waals surface area contributed by atoms with E-state index in [2.05, 4.69) is 24.1 Å². The molecule has 0 atom stereocenters. The molecule has 1 rings (SSSR count). The molecule has 14 heavy (non-hydrogen) atoms. The second-order valence-corrected chi connectivity index (χ2v) is 3.35. The Labute approximate surface area is 87.3 Å².